The van der Waals surface area contributed by atoms with Crippen LogP contribution in [0.25, 0.3) is 0 Å². The molecule has 23 heavy (non-hydrogen) atoms. The number of carbonyl (C=O) groups is 1. The summed E-state index contributed by atoms with van der Waals surface area (Å²) in [5, 5.41) is 15.0. The minimum atomic E-state index is -0.586. The van der Waals surface area contributed by atoms with Crippen LogP contribution in [-0.4, -0.2) is 27.3 Å². The summed E-state index contributed by atoms with van der Waals surface area (Å²) < 4.78 is 11.9. The van der Waals surface area contributed by atoms with E-state index in [0.29, 0.717) is 23.8 Å². The Morgan fingerprint density at radius 1 is 1.30 bits per heavy atom. The summed E-state index contributed by atoms with van der Waals surface area (Å²) in [5.41, 5.74) is 0.477. The Morgan fingerprint density at radius 3 is 2.52 bits per heavy atom. The van der Waals surface area contributed by atoms with Crippen LogP contribution in [-0.2, 0) is 11.3 Å². The molecule has 1 aromatic carbocycles. The van der Waals surface area contributed by atoms with E-state index in [9.17, 15) is 14.9 Å². The van der Waals surface area contributed by atoms with Crippen molar-refractivity contribution in [1.82, 2.24) is 9.78 Å². The number of carbonyl (C=O) groups excluding carboxylic acids is 1. The molecule has 0 spiro atoms. The molecule has 0 aliphatic rings. The zero-order valence-electron chi connectivity index (χ0n) is 13.1. The molecule has 0 aliphatic carbocycles. The van der Waals surface area contributed by atoms with Crippen LogP contribution in [0.5, 0.6) is 11.5 Å². The van der Waals surface area contributed by atoms with Crippen molar-refractivity contribution in [3.05, 3.63) is 45.8 Å². The Balaban J connectivity index is 2.15. The first kappa shape index (κ1) is 16.5. The van der Waals surface area contributed by atoms with E-state index in [2.05, 4.69) is 5.10 Å². The van der Waals surface area contributed by atoms with Crippen molar-refractivity contribution in [2.75, 3.05) is 6.61 Å². The van der Waals surface area contributed by atoms with Crippen LogP contribution in [0.3, 0.4) is 0 Å². The molecule has 0 saturated carbocycles. The van der Waals surface area contributed by atoms with E-state index in [4.69, 9.17) is 9.47 Å². The number of hydrogen-bond acceptors (Lipinski definition) is 6. The maximum Gasteiger partial charge on any atom is 0.333 e. The average Bonchev–Trinajstić information content (AvgIpc) is 2.75. The van der Waals surface area contributed by atoms with Crippen LogP contribution in [0.4, 0.5) is 5.69 Å². The molecule has 1 heterocycles. The van der Waals surface area contributed by atoms with Gasteiger partial charge in [0.15, 0.2) is 11.5 Å². The smallest absolute Gasteiger partial charge is 0.333 e. The first-order valence-electron chi connectivity index (χ1n) is 7.05. The Bertz CT molecular complexity index is 739. The lowest BCUT2D eigenvalue weighted by molar-refractivity contribution is -0.386. The van der Waals surface area contributed by atoms with Crippen molar-refractivity contribution < 1.29 is 19.2 Å². The molecular weight excluding hydrogens is 302 g/mol. The molecule has 0 unspecified atom stereocenters. The van der Waals surface area contributed by atoms with Crippen molar-refractivity contribution in [3.8, 4) is 11.5 Å². The molecule has 0 radical (unpaired) electrons. The summed E-state index contributed by atoms with van der Waals surface area (Å²) in [7, 11) is 0. The van der Waals surface area contributed by atoms with E-state index in [1.165, 1.54) is 11.6 Å². The number of para-hydroxylation sites is 2. The van der Waals surface area contributed by atoms with Gasteiger partial charge in [-0.3, -0.25) is 14.8 Å². The molecule has 8 nitrogen and oxygen atoms in total. The molecule has 0 atom stereocenters. The van der Waals surface area contributed by atoms with Crippen LogP contribution >= 0.6 is 0 Å². The number of aryl methyl sites for hydroxylation is 1. The fourth-order valence-electron chi connectivity index (χ4n) is 2.19. The summed E-state index contributed by atoms with van der Waals surface area (Å²) >= 11 is 0. The highest BCUT2D eigenvalue weighted by Gasteiger charge is 2.23. The zero-order chi connectivity index (χ0) is 17.0. The van der Waals surface area contributed by atoms with Gasteiger partial charge in [-0.25, -0.2) is 4.79 Å². The van der Waals surface area contributed by atoms with Gasteiger partial charge in [-0.2, -0.15) is 5.10 Å². The number of hydrogen-bond donors (Lipinski definition) is 0. The fourth-order valence-corrected chi connectivity index (χ4v) is 2.19. The Morgan fingerprint density at radius 2 is 1.96 bits per heavy atom. The van der Waals surface area contributed by atoms with Crippen LogP contribution < -0.4 is 9.47 Å². The second-order valence-electron chi connectivity index (χ2n) is 4.79. The maximum absolute atomic E-state index is 12.1. The van der Waals surface area contributed by atoms with Crippen molar-refractivity contribution in [3.63, 3.8) is 0 Å². The number of nitro groups is 1. The monoisotopic (exact) mass is 319 g/mol. The summed E-state index contributed by atoms with van der Waals surface area (Å²) in [5.74, 6) is 0.177. The first-order chi connectivity index (χ1) is 10.9. The molecule has 0 N–H and O–H groups in total. The third kappa shape index (κ3) is 3.65. The second-order valence-corrected chi connectivity index (χ2v) is 4.79. The van der Waals surface area contributed by atoms with Gasteiger partial charge >= 0.3 is 11.7 Å². The van der Waals surface area contributed by atoms with E-state index in [0.717, 1.165) is 0 Å². The minimum Gasteiger partial charge on any atom is -0.490 e. The van der Waals surface area contributed by atoms with Gasteiger partial charge in [0.2, 0.25) is 0 Å². The molecule has 8 heteroatoms. The summed E-state index contributed by atoms with van der Waals surface area (Å²) in [4.78, 5) is 22.5. The van der Waals surface area contributed by atoms with Crippen LogP contribution in [0, 0.1) is 24.0 Å². The SMILES string of the molecule is CCOc1ccccc1OC(=O)Cn1nc(C)c([N+](=O)[O-])c1C. The van der Waals surface area contributed by atoms with Crippen LogP contribution in [0.15, 0.2) is 24.3 Å². The van der Waals surface area contributed by atoms with Gasteiger partial charge in [-0.05, 0) is 32.9 Å². The average molecular weight is 319 g/mol. The number of aromatic nitrogens is 2. The Kier molecular flexibility index (Phi) is 4.95. The molecule has 0 saturated heterocycles. The number of rotatable bonds is 6. The van der Waals surface area contributed by atoms with Gasteiger partial charge in [-0.1, -0.05) is 12.1 Å². The van der Waals surface area contributed by atoms with Crippen molar-refractivity contribution in [2.24, 2.45) is 0 Å². The van der Waals surface area contributed by atoms with Crippen LogP contribution in [0.1, 0.15) is 18.3 Å². The lowest BCUT2D eigenvalue weighted by Crippen LogP contribution is -2.18. The van der Waals surface area contributed by atoms with Crippen molar-refractivity contribution in [1.29, 1.82) is 0 Å². The van der Waals surface area contributed by atoms with E-state index < -0.39 is 10.9 Å². The quantitative estimate of drug-likeness (QED) is 0.351. The van der Waals surface area contributed by atoms with E-state index >= 15 is 0 Å². The molecule has 0 aliphatic heterocycles. The number of nitrogens with zero attached hydrogens (tertiary/aromatic N) is 3. The highest BCUT2D eigenvalue weighted by atomic mass is 16.6. The molecule has 0 bridgehead atoms. The van der Waals surface area contributed by atoms with Gasteiger partial charge in [0.1, 0.15) is 17.9 Å². The van der Waals surface area contributed by atoms with Gasteiger partial charge in [0, 0.05) is 0 Å². The molecule has 2 aromatic rings. The summed E-state index contributed by atoms with van der Waals surface area (Å²) in [6.07, 6.45) is 0. The lowest BCUT2D eigenvalue weighted by atomic mass is 10.3. The normalized spacial score (nSPS) is 10.4. The summed E-state index contributed by atoms with van der Waals surface area (Å²) in [6.45, 7) is 5.11. The van der Waals surface area contributed by atoms with Gasteiger partial charge in [0.25, 0.3) is 0 Å². The van der Waals surface area contributed by atoms with Crippen LogP contribution in [0.2, 0.25) is 0 Å². The molecule has 0 amide bonds. The van der Waals surface area contributed by atoms with Gasteiger partial charge in [-0.15, -0.1) is 0 Å². The van der Waals surface area contributed by atoms with E-state index in [1.807, 2.05) is 6.92 Å². The first-order valence-corrected chi connectivity index (χ1v) is 7.05. The molecule has 122 valence electrons. The topological polar surface area (TPSA) is 96.5 Å². The molecule has 2 rings (SSSR count). The Labute approximate surface area is 132 Å². The standard InChI is InChI=1S/C15H17N3O5/c1-4-22-12-7-5-6-8-13(12)23-14(19)9-17-11(3)15(18(20)21)10(2)16-17/h5-8H,4,9H2,1-3H3. The summed E-state index contributed by atoms with van der Waals surface area (Å²) in [6, 6.07) is 6.80. The number of benzene rings is 1. The Hall–Kier alpha value is -2.90. The van der Waals surface area contributed by atoms with Gasteiger partial charge in [0.05, 0.1) is 11.5 Å². The fraction of sp³-hybridized carbons (Fsp3) is 0.333. The lowest BCUT2D eigenvalue weighted by Gasteiger charge is -2.10. The van der Waals surface area contributed by atoms with E-state index in [-0.39, 0.29) is 17.9 Å². The minimum absolute atomic E-state index is 0.0903. The third-order valence-electron chi connectivity index (χ3n) is 3.18. The zero-order valence-corrected chi connectivity index (χ0v) is 13.1. The van der Waals surface area contributed by atoms with Crippen molar-refractivity contribution >= 4 is 11.7 Å². The highest BCUT2D eigenvalue weighted by molar-refractivity contribution is 5.73. The number of esters is 1. The molecular formula is C15H17N3O5. The highest BCUT2D eigenvalue weighted by Crippen LogP contribution is 2.27. The maximum atomic E-state index is 12.1. The second kappa shape index (κ2) is 6.91. The predicted octanol–water partition coefficient (Wildman–Crippen LogP) is 2.41. The van der Waals surface area contributed by atoms with Crippen molar-refractivity contribution in [2.45, 2.75) is 27.3 Å². The molecule has 0 fully saturated rings. The largest absolute Gasteiger partial charge is 0.490 e. The molecule has 1 aromatic heterocycles. The predicted molar refractivity (Wildman–Crippen MR) is 81.6 cm³/mol. The number of ether oxygens (including phenoxy) is 2. The van der Waals surface area contributed by atoms with E-state index in [1.54, 1.807) is 31.2 Å². The van der Waals surface area contributed by atoms with Gasteiger partial charge < -0.3 is 9.47 Å². The third-order valence-corrected chi connectivity index (χ3v) is 3.18.